The topological polar surface area (TPSA) is 52.7 Å². The molecular weight excluding hydrogens is 264 g/mol. The normalized spacial score (nSPS) is 10.8. The van der Waals surface area contributed by atoms with Gasteiger partial charge in [-0.25, -0.2) is 4.68 Å². The summed E-state index contributed by atoms with van der Waals surface area (Å²) in [7, 11) is 1.85. The Bertz CT molecular complexity index is 771. The molecule has 2 aromatic heterocycles. The van der Waals surface area contributed by atoms with E-state index in [-0.39, 0.29) is 5.78 Å². The van der Waals surface area contributed by atoms with E-state index in [1.54, 1.807) is 21.8 Å². The van der Waals surface area contributed by atoms with Crippen molar-refractivity contribution in [2.24, 2.45) is 7.05 Å². The smallest absolute Gasteiger partial charge is 0.171 e. The van der Waals surface area contributed by atoms with Gasteiger partial charge in [-0.05, 0) is 25.1 Å². The average molecular weight is 280 g/mol. The molecule has 5 heteroatoms. The number of ketones is 1. The van der Waals surface area contributed by atoms with E-state index in [4.69, 9.17) is 0 Å². The molecule has 0 N–H and O–H groups in total. The zero-order valence-electron chi connectivity index (χ0n) is 12.0. The Morgan fingerprint density at radius 2 is 2.00 bits per heavy atom. The second-order valence-corrected chi connectivity index (χ2v) is 5.01. The summed E-state index contributed by atoms with van der Waals surface area (Å²) in [6.07, 6.45) is 3.71. The standard InChI is InChI=1S/C16H16N4O/c1-12-8-15(19(2)18-12)9-16(21)13-10-17-20(11-13)14-6-4-3-5-7-14/h3-8,10-11H,9H2,1-2H3. The molecule has 0 atom stereocenters. The summed E-state index contributed by atoms with van der Waals surface area (Å²) < 4.78 is 3.45. The quantitative estimate of drug-likeness (QED) is 0.689. The largest absolute Gasteiger partial charge is 0.294 e. The predicted octanol–water partition coefficient (Wildman–Crippen LogP) is 2.34. The first-order chi connectivity index (χ1) is 10.1. The minimum Gasteiger partial charge on any atom is -0.294 e. The molecule has 0 aliphatic rings. The molecule has 3 aromatic rings. The lowest BCUT2D eigenvalue weighted by Gasteiger charge is -2.00. The van der Waals surface area contributed by atoms with Crippen LogP contribution >= 0.6 is 0 Å². The molecule has 0 spiro atoms. The zero-order valence-corrected chi connectivity index (χ0v) is 12.0. The number of carbonyl (C=O) groups excluding carboxylic acids is 1. The number of hydrogen-bond acceptors (Lipinski definition) is 3. The van der Waals surface area contributed by atoms with Crippen LogP contribution < -0.4 is 0 Å². The van der Waals surface area contributed by atoms with Gasteiger partial charge >= 0.3 is 0 Å². The van der Waals surface area contributed by atoms with Gasteiger partial charge in [0, 0.05) is 18.9 Å². The number of Topliss-reactive ketones (excluding diaryl/α,β-unsaturated/α-hetero) is 1. The average Bonchev–Trinajstić information content (AvgIpc) is 3.07. The van der Waals surface area contributed by atoms with Crippen molar-refractivity contribution in [3.8, 4) is 5.69 Å². The second-order valence-electron chi connectivity index (χ2n) is 5.01. The van der Waals surface area contributed by atoms with Crippen LogP contribution in [0.15, 0.2) is 48.8 Å². The van der Waals surface area contributed by atoms with Crippen molar-refractivity contribution in [1.82, 2.24) is 19.6 Å². The number of para-hydroxylation sites is 1. The highest BCUT2D eigenvalue weighted by atomic mass is 16.1. The third-order valence-electron chi connectivity index (χ3n) is 3.37. The number of aromatic nitrogens is 4. The predicted molar refractivity (Wildman–Crippen MR) is 79.5 cm³/mol. The van der Waals surface area contributed by atoms with E-state index in [2.05, 4.69) is 10.2 Å². The van der Waals surface area contributed by atoms with E-state index < -0.39 is 0 Å². The van der Waals surface area contributed by atoms with E-state index in [1.165, 1.54) is 0 Å². The van der Waals surface area contributed by atoms with Gasteiger partial charge in [0.25, 0.3) is 0 Å². The highest BCUT2D eigenvalue weighted by Crippen LogP contribution is 2.11. The third-order valence-corrected chi connectivity index (χ3v) is 3.37. The molecule has 0 saturated carbocycles. The van der Waals surface area contributed by atoms with Gasteiger partial charge in [-0.1, -0.05) is 18.2 Å². The van der Waals surface area contributed by atoms with Crippen LogP contribution in [0.4, 0.5) is 0 Å². The van der Waals surface area contributed by atoms with Crippen LogP contribution in [0.5, 0.6) is 0 Å². The van der Waals surface area contributed by atoms with Crippen LogP contribution in [-0.2, 0) is 13.5 Å². The molecule has 3 rings (SSSR count). The second kappa shape index (κ2) is 5.36. The highest BCUT2D eigenvalue weighted by molar-refractivity contribution is 5.97. The van der Waals surface area contributed by atoms with Crippen molar-refractivity contribution in [2.45, 2.75) is 13.3 Å². The first-order valence-corrected chi connectivity index (χ1v) is 6.76. The van der Waals surface area contributed by atoms with Crippen molar-refractivity contribution in [1.29, 1.82) is 0 Å². The van der Waals surface area contributed by atoms with Crippen molar-refractivity contribution < 1.29 is 4.79 Å². The number of nitrogens with zero attached hydrogens (tertiary/aromatic N) is 4. The maximum Gasteiger partial charge on any atom is 0.171 e. The number of benzene rings is 1. The van der Waals surface area contributed by atoms with Crippen LogP contribution in [0.2, 0.25) is 0 Å². The SMILES string of the molecule is Cc1cc(CC(=O)c2cnn(-c3ccccc3)c2)n(C)n1. The van der Waals surface area contributed by atoms with Gasteiger partial charge in [0.2, 0.25) is 0 Å². The third kappa shape index (κ3) is 2.76. The molecule has 0 radical (unpaired) electrons. The molecule has 0 unspecified atom stereocenters. The number of aryl methyl sites for hydroxylation is 2. The molecule has 21 heavy (non-hydrogen) atoms. The lowest BCUT2D eigenvalue weighted by atomic mass is 10.1. The van der Waals surface area contributed by atoms with E-state index >= 15 is 0 Å². The molecule has 5 nitrogen and oxygen atoms in total. The fourth-order valence-electron chi connectivity index (χ4n) is 2.28. The number of carbonyl (C=O) groups is 1. The summed E-state index contributed by atoms with van der Waals surface area (Å²) in [5.41, 5.74) is 3.37. The first kappa shape index (κ1) is 13.3. The van der Waals surface area contributed by atoms with Crippen molar-refractivity contribution >= 4 is 5.78 Å². The van der Waals surface area contributed by atoms with E-state index in [0.29, 0.717) is 12.0 Å². The Hall–Kier alpha value is -2.69. The Morgan fingerprint density at radius 3 is 2.67 bits per heavy atom. The van der Waals surface area contributed by atoms with Gasteiger partial charge in [-0.2, -0.15) is 10.2 Å². The van der Waals surface area contributed by atoms with Crippen molar-refractivity contribution in [3.05, 3.63) is 65.7 Å². The van der Waals surface area contributed by atoms with Crippen LogP contribution in [-0.4, -0.2) is 25.3 Å². The maximum atomic E-state index is 12.3. The summed E-state index contributed by atoms with van der Waals surface area (Å²) in [5, 5.41) is 8.50. The van der Waals surface area contributed by atoms with Crippen LogP contribution in [0.3, 0.4) is 0 Å². The molecular formula is C16H16N4O. The summed E-state index contributed by atoms with van der Waals surface area (Å²) in [5.74, 6) is 0.0418. The van der Waals surface area contributed by atoms with E-state index in [1.807, 2.05) is 50.4 Å². The molecule has 0 saturated heterocycles. The Balaban J connectivity index is 1.80. The molecule has 0 bridgehead atoms. The summed E-state index contributed by atoms with van der Waals surface area (Å²) >= 11 is 0. The van der Waals surface area contributed by atoms with Gasteiger partial charge in [0.15, 0.2) is 5.78 Å². The molecule has 1 aromatic carbocycles. The molecule has 2 heterocycles. The lowest BCUT2D eigenvalue weighted by Crippen LogP contribution is -2.07. The fraction of sp³-hybridized carbons (Fsp3) is 0.188. The molecule has 0 amide bonds. The van der Waals surface area contributed by atoms with Gasteiger partial charge in [0.1, 0.15) is 0 Å². The number of hydrogen-bond donors (Lipinski definition) is 0. The van der Waals surface area contributed by atoms with Crippen molar-refractivity contribution in [3.63, 3.8) is 0 Å². The van der Waals surface area contributed by atoms with Crippen molar-refractivity contribution in [2.75, 3.05) is 0 Å². The van der Waals surface area contributed by atoms with Gasteiger partial charge in [-0.15, -0.1) is 0 Å². The minimum atomic E-state index is 0.0418. The number of rotatable bonds is 4. The Kier molecular flexibility index (Phi) is 3.39. The summed E-state index contributed by atoms with van der Waals surface area (Å²) in [6.45, 7) is 1.92. The molecule has 106 valence electrons. The van der Waals surface area contributed by atoms with E-state index in [0.717, 1.165) is 17.1 Å². The molecule has 0 aliphatic carbocycles. The van der Waals surface area contributed by atoms with E-state index in [9.17, 15) is 4.79 Å². The highest BCUT2D eigenvalue weighted by Gasteiger charge is 2.13. The van der Waals surface area contributed by atoms with Crippen LogP contribution in [0.25, 0.3) is 5.69 Å². The molecule has 0 aliphatic heterocycles. The summed E-state index contributed by atoms with van der Waals surface area (Å²) in [6, 6.07) is 11.7. The van der Waals surface area contributed by atoms with Crippen LogP contribution in [0.1, 0.15) is 21.7 Å². The Labute approximate surface area is 122 Å². The molecule has 0 fully saturated rings. The van der Waals surface area contributed by atoms with Gasteiger partial charge in [0.05, 0.1) is 29.6 Å². The minimum absolute atomic E-state index is 0.0418. The summed E-state index contributed by atoms with van der Waals surface area (Å²) in [4.78, 5) is 12.3. The van der Waals surface area contributed by atoms with Gasteiger partial charge in [-0.3, -0.25) is 9.48 Å². The first-order valence-electron chi connectivity index (χ1n) is 6.76. The zero-order chi connectivity index (χ0) is 14.8. The fourth-order valence-corrected chi connectivity index (χ4v) is 2.28. The lowest BCUT2D eigenvalue weighted by molar-refractivity contribution is 0.0990. The van der Waals surface area contributed by atoms with Crippen LogP contribution in [0, 0.1) is 6.92 Å². The maximum absolute atomic E-state index is 12.3. The van der Waals surface area contributed by atoms with Gasteiger partial charge < -0.3 is 0 Å². The Morgan fingerprint density at radius 1 is 1.24 bits per heavy atom. The monoisotopic (exact) mass is 280 g/mol.